The van der Waals surface area contributed by atoms with Gasteiger partial charge in [0.15, 0.2) is 10.4 Å². The Kier molecular flexibility index (Phi) is 2.42. The fourth-order valence-corrected chi connectivity index (χ4v) is 1.09. The van der Waals surface area contributed by atoms with Gasteiger partial charge >= 0.3 is 0 Å². The van der Waals surface area contributed by atoms with E-state index in [0.717, 1.165) is 0 Å². The van der Waals surface area contributed by atoms with Crippen LogP contribution in [0.15, 0.2) is 10.8 Å². The first-order valence-corrected chi connectivity index (χ1v) is 3.56. The summed E-state index contributed by atoms with van der Waals surface area (Å²) in [6.45, 7) is 0. The molecule has 0 saturated carbocycles. The molecule has 1 aromatic rings. The summed E-state index contributed by atoms with van der Waals surface area (Å²) < 4.78 is 0.502. The van der Waals surface area contributed by atoms with E-state index < -0.39 is 0 Å². The number of halogens is 2. The molecule has 10 heavy (non-hydrogen) atoms. The van der Waals surface area contributed by atoms with E-state index in [1.165, 1.54) is 6.20 Å². The molecule has 0 bridgehead atoms. The van der Waals surface area contributed by atoms with Crippen LogP contribution in [0.1, 0.15) is 0 Å². The third kappa shape index (κ3) is 1.56. The van der Waals surface area contributed by atoms with Gasteiger partial charge in [-0.2, -0.15) is 0 Å². The second-order valence-corrected chi connectivity index (χ2v) is 2.61. The molecule has 0 aliphatic rings. The average molecular weight is 223 g/mol. The maximum atomic E-state index is 5.50. The highest BCUT2D eigenvalue weighted by molar-refractivity contribution is 9.10. The third-order valence-electron chi connectivity index (χ3n) is 0.837. The lowest BCUT2D eigenvalue weighted by atomic mass is 10.7. The lowest BCUT2D eigenvalue weighted by molar-refractivity contribution is 1.13. The standard InChI is InChI=1S/C4H4BrClN4/c5-3-4(10-7)8-1-2(6)9-3/h1H,7H2,(H,8,10). The van der Waals surface area contributed by atoms with Crippen LogP contribution in [0.2, 0.25) is 5.15 Å². The Morgan fingerprint density at radius 2 is 2.40 bits per heavy atom. The Bertz CT molecular complexity index is 241. The lowest BCUT2D eigenvalue weighted by Crippen LogP contribution is -2.09. The molecule has 0 aliphatic heterocycles. The van der Waals surface area contributed by atoms with Gasteiger partial charge in [-0.25, -0.2) is 15.8 Å². The number of anilines is 1. The average Bonchev–Trinajstić information content (AvgIpc) is 1.88. The van der Waals surface area contributed by atoms with Gasteiger partial charge in [-0.1, -0.05) is 11.6 Å². The first-order valence-electron chi connectivity index (χ1n) is 2.38. The molecule has 3 N–H and O–H groups in total. The van der Waals surface area contributed by atoms with Gasteiger partial charge in [-0.15, -0.1) is 0 Å². The van der Waals surface area contributed by atoms with Crippen LogP contribution in [-0.4, -0.2) is 9.97 Å². The molecule has 0 fully saturated rings. The van der Waals surface area contributed by atoms with Crippen LogP contribution in [0.5, 0.6) is 0 Å². The summed E-state index contributed by atoms with van der Waals surface area (Å²) in [7, 11) is 0. The molecule has 6 heteroatoms. The molecule has 0 unspecified atom stereocenters. The molecule has 0 amide bonds. The van der Waals surface area contributed by atoms with E-state index in [9.17, 15) is 0 Å². The molecule has 0 radical (unpaired) electrons. The van der Waals surface area contributed by atoms with Crippen LogP contribution >= 0.6 is 27.5 Å². The zero-order valence-electron chi connectivity index (χ0n) is 4.81. The summed E-state index contributed by atoms with van der Waals surface area (Å²) in [6.07, 6.45) is 1.40. The summed E-state index contributed by atoms with van der Waals surface area (Å²) in [5.74, 6) is 5.54. The number of hydrogen-bond donors (Lipinski definition) is 2. The second kappa shape index (κ2) is 3.14. The van der Waals surface area contributed by atoms with Crippen LogP contribution in [0.3, 0.4) is 0 Å². The molecule has 0 aromatic carbocycles. The predicted molar refractivity (Wildman–Crippen MR) is 42.6 cm³/mol. The SMILES string of the molecule is NNc1ncc(Cl)nc1Br. The highest BCUT2D eigenvalue weighted by atomic mass is 79.9. The Morgan fingerprint density at radius 1 is 1.70 bits per heavy atom. The maximum absolute atomic E-state index is 5.50. The summed E-state index contributed by atoms with van der Waals surface area (Å²) >= 11 is 8.61. The topological polar surface area (TPSA) is 63.8 Å². The molecule has 1 aromatic heterocycles. The summed E-state index contributed by atoms with van der Waals surface area (Å²) in [6, 6.07) is 0. The number of nitrogen functional groups attached to an aromatic ring is 1. The van der Waals surface area contributed by atoms with Crippen LogP contribution in [0, 0.1) is 0 Å². The zero-order valence-corrected chi connectivity index (χ0v) is 7.15. The fourth-order valence-electron chi connectivity index (χ4n) is 0.443. The molecule has 1 rings (SSSR count). The van der Waals surface area contributed by atoms with Gasteiger partial charge in [0.25, 0.3) is 0 Å². The van der Waals surface area contributed by atoms with E-state index >= 15 is 0 Å². The minimum atomic E-state index is 0.325. The van der Waals surface area contributed by atoms with Gasteiger partial charge in [0.2, 0.25) is 0 Å². The van der Waals surface area contributed by atoms with Crippen LogP contribution in [0.25, 0.3) is 0 Å². The van der Waals surface area contributed by atoms with Crippen molar-refractivity contribution in [1.29, 1.82) is 0 Å². The van der Waals surface area contributed by atoms with Gasteiger partial charge in [-0.3, -0.25) is 0 Å². The molecular formula is C4H4BrClN4. The monoisotopic (exact) mass is 222 g/mol. The molecule has 4 nitrogen and oxygen atoms in total. The fraction of sp³-hybridized carbons (Fsp3) is 0. The van der Waals surface area contributed by atoms with Gasteiger partial charge in [-0.05, 0) is 15.9 Å². The number of aromatic nitrogens is 2. The second-order valence-electron chi connectivity index (χ2n) is 1.48. The molecule has 1 heterocycles. The van der Waals surface area contributed by atoms with E-state index in [1.54, 1.807) is 0 Å². The summed E-state index contributed by atoms with van der Waals surface area (Å²) in [5, 5.41) is 0.325. The van der Waals surface area contributed by atoms with E-state index in [0.29, 0.717) is 15.6 Å². The number of hydrazine groups is 1. The molecule has 0 spiro atoms. The van der Waals surface area contributed by atoms with Gasteiger partial charge in [0.05, 0.1) is 6.20 Å². The first kappa shape index (κ1) is 7.71. The van der Waals surface area contributed by atoms with Crippen molar-refractivity contribution in [1.82, 2.24) is 9.97 Å². The number of nitrogens with two attached hydrogens (primary N) is 1. The molecular weight excluding hydrogens is 219 g/mol. The number of nitrogens with one attached hydrogen (secondary N) is 1. The largest absolute Gasteiger partial charge is 0.306 e. The highest BCUT2D eigenvalue weighted by Crippen LogP contribution is 2.17. The van der Waals surface area contributed by atoms with Crippen molar-refractivity contribution >= 4 is 33.3 Å². The Labute approximate surface area is 70.9 Å². The lowest BCUT2D eigenvalue weighted by Gasteiger charge is -1.99. The summed E-state index contributed by atoms with van der Waals surface area (Å²) in [5.41, 5.74) is 2.34. The molecule has 0 aliphatic carbocycles. The van der Waals surface area contributed by atoms with Crippen molar-refractivity contribution in [2.75, 3.05) is 5.43 Å². The van der Waals surface area contributed by atoms with Crippen molar-refractivity contribution in [2.24, 2.45) is 5.84 Å². The Morgan fingerprint density at radius 3 is 2.90 bits per heavy atom. The number of nitrogens with zero attached hydrogens (tertiary/aromatic N) is 2. The maximum Gasteiger partial charge on any atom is 0.173 e. The third-order valence-corrected chi connectivity index (χ3v) is 1.57. The van der Waals surface area contributed by atoms with Crippen molar-refractivity contribution in [2.45, 2.75) is 0 Å². The van der Waals surface area contributed by atoms with Crippen molar-refractivity contribution in [3.63, 3.8) is 0 Å². The normalized spacial score (nSPS) is 9.50. The predicted octanol–water partition coefficient (Wildman–Crippen LogP) is 1.18. The minimum Gasteiger partial charge on any atom is -0.306 e. The van der Waals surface area contributed by atoms with E-state index in [-0.39, 0.29) is 0 Å². The van der Waals surface area contributed by atoms with E-state index in [2.05, 4.69) is 31.3 Å². The van der Waals surface area contributed by atoms with E-state index in [1.807, 2.05) is 0 Å². The molecule has 54 valence electrons. The Hall–Kier alpha value is -0.390. The minimum absolute atomic E-state index is 0.325. The smallest absolute Gasteiger partial charge is 0.173 e. The number of rotatable bonds is 1. The van der Waals surface area contributed by atoms with Gasteiger partial charge < -0.3 is 5.43 Å². The highest BCUT2D eigenvalue weighted by Gasteiger charge is 1.99. The van der Waals surface area contributed by atoms with Crippen LogP contribution in [0.4, 0.5) is 5.82 Å². The Balaban J connectivity index is 3.07. The molecule has 0 saturated heterocycles. The van der Waals surface area contributed by atoms with Gasteiger partial charge in [0, 0.05) is 0 Å². The number of hydrogen-bond acceptors (Lipinski definition) is 4. The summed E-state index contributed by atoms with van der Waals surface area (Å²) in [4.78, 5) is 7.64. The van der Waals surface area contributed by atoms with E-state index in [4.69, 9.17) is 17.4 Å². The van der Waals surface area contributed by atoms with Crippen LogP contribution in [-0.2, 0) is 0 Å². The van der Waals surface area contributed by atoms with Crippen molar-refractivity contribution < 1.29 is 0 Å². The quantitative estimate of drug-likeness (QED) is 0.554. The van der Waals surface area contributed by atoms with Crippen molar-refractivity contribution in [3.05, 3.63) is 16.0 Å². The zero-order chi connectivity index (χ0) is 7.56. The molecule has 0 atom stereocenters. The van der Waals surface area contributed by atoms with Gasteiger partial charge in [0.1, 0.15) is 5.15 Å². The van der Waals surface area contributed by atoms with Crippen molar-refractivity contribution in [3.8, 4) is 0 Å². The first-order chi connectivity index (χ1) is 4.74. The van der Waals surface area contributed by atoms with Crippen LogP contribution < -0.4 is 11.3 Å².